The summed E-state index contributed by atoms with van der Waals surface area (Å²) < 4.78 is 6.99. The van der Waals surface area contributed by atoms with Crippen LogP contribution in [0.3, 0.4) is 0 Å². The maximum absolute atomic E-state index is 12.3. The highest BCUT2D eigenvalue weighted by atomic mass is 16.5. The lowest BCUT2D eigenvalue weighted by Gasteiger charge is -2.24. The molecule has 1 fully saturated rings. The van der Waals surface area contributed by atoms with Gasteiger partial charge < -0.3 is 4.52 Å². The Labute approximate surface area is 141 Å². The smallest absolute Gasteiger partial charge is 0.267 e. The van der Waals surface area contributed by atoms with Crippen molar-refractivity contribution in [1.29, 1.82) is 0 Å². The molecule has 1 atom stereocenters. The largest absolute Gasteiger partial charge is 0.361 e. The highest BCUT2D eigenvalue weighted by Crippen LogP contribution is 2.20. The van der Waals surface area contributed by atoms with Gasteiger partial charge in [-0.3, -0.25) is 9.69 Å². The molecule has 0 bridgehead atoms. The minimum absolute atomic E-state index is 0.0494. The lowest BCUT2D eigenvalue weighted by molar-refractivity contribution is 0.220. The fourth-order valence-electron chi connectivity index (χ4n) is 3.95. The Morgan fingerprint density at radius 2 is 2.21 bits per heavy atom. The van der Waals surface area contributed by atoms with E-state index in [9.17, 15) is 4.79 Å². The van der Waals surface area contributed by atoms with E-state index < -0.39 is 0 Å². The minimum Gasteiger partial charge on any atom is -0.361 e. The van der Waals surface area contributed by atoms with Crippen LogP contribution >= 0.6 is 0 Å². The van der Waals surface area contributed by atoms with Gasteiger partial charge in [0.1, 0.15) is 5.76 Å². The summed E-state index contributed by atoms with van der Waals surface area (Å²) in [5, 5.41) is 8.57. The molecule has 2 aromatic rings. The van der Waals surface area contributed by atoms with Gasteiger partial charge in [0.25, 0.3) is 5.56 Å². The SMILES string of the molecule is Cc1cc(CCN2CCCC2Cn2nc3c(cc2=O)CCC3)on1. The van der Waals surface area contributed by atoms with E-state index in [2.05, 4.69) is 15.2 Å². The molecule has 3 heterocycles. The van der Waals surface area contributed by atoms with E-state index in [-0.39, 0.29) is 5.56 Å². The van der Waals surface area contributed by atoms with Gasteiger partial charge in [0, 0.05) is 31.1 Å². The van der Waals surface area contributed by atoms with Crippen molar-refractivity contribution < 1.29 is 4.52 Å². The molecule has 0 spiro atoms. The number of nitrogens with zero attached hydrogens (tertiary/aromatic N) is 4. The summed E-state index contributed by atoms with van der Waals surface area (Å²) in [7, 11) is 0. The molecule has 2 aliphatic rings. The third-order valence-electron chi connectivity index (χ3n) is 5.23. The summed E-state index contributed by atoms with van der Waals surface area (Å²) in [5.74, 6) is 0.936. The van der Waals surface area contributed by atoms with Crippen LogP contribution in [-0.4, -0.2) is 39.0 Å². The highest BCUT2D eigenvalue weighted by molar-refractivity contribution is 5.22. The molecule has 1 aliphatic heterocycles. The van der Waals surface area contributed by atoms with Crippen LogP contribution in [0.1, 0.15) is 42.0 Å². The van der Waals surface area contributed by atoms with Crippen molar-refractivity contribution in [2.75, 3.05) is 13.1 Å². The van der Waals surface area contributed by atoms with Crippen LogP contribution in [0.4, 0.5) is 0 Å². The Kier molecular flexibility index (Phi) is 4.22. The van der Waals surface area contributed by atoms with Gasteiger partial charge >= 0.3 is 0 Å². The zero-order chi connectivity index (χ0) is 16.5. The molecule has 6 heteroatoms. The van der Waals surface area contributed by atoms with Gasteiger partial charge in [0.15, 0.2) is 0 Å². The number of aromatic nitrogens is 3. The van der Waals surface area contributed by atoms with E-state index in [0.29, 0.717) is 12.6 Å². The first-order valence-electron chi connectivity index (χ1n) is 8.95. The van der Waals surface area contributed by atoms with Gasteiger partial charge in [-0.1, -0.05) is 5.16 Å². The number of likely N-dealkylation sites (tertiary alicyclic amines) is 1. The van der Waals surface area contributed by atoms with Crippen LogP contribution in [0.25, 0.3) is 0 Å². The van der Waals surface area contributed by atoms with Crippen molar-refractivity contribution in [3.8, 4) is 0 Å². The second kappa shape index (κ2) is 6.51. The number of rotatable bonds is 5. The molecule has 1 saturated heterocycles. The Morgan fingerprint density at radius 3 is 3.04 bits per heavy atom. The molecule has 0 amide bonds. The monoisotopic (exact) mass is 328 g/mol. The van der Waals surface area contributed by atoms with Crippen LogP contribution in [-0.2, 0) is 25.8 Å². The third-order valence-corrected chi connectivity index (χ3v) is 5.23. The quantitative estimate of drug-likeness (QED) is 0.836. The van der Waals surface area contributed by atoms with Crippen molar-refractivity contribution in [1.82, 2.24) is 19.8 Å². The Balaban J connectivity index is 1.43. The standard InChI is InChI=1S/C18H24N4O2/c1-13-10-16(24-20-13)7-9-21-8-3-5-15(21)12-22-18(23)11-14-4-2-6-17(14)19-22/h10-11,15H,2-9,12H2,1H3. The van der Waals surface area contributed by atoms with Gasteiger partial charge in [-0.25, -0.2) is 4.68 Å². The van der Waals surface area contributed by atoms with Gasteiger partial charge in [-0.2, -0.15) is 5.10 Å². The number of aryl methyl sites for hydroxylation is 3. The summed E-state index contributed by atoms with van der Waals surface area (Å²) in [6.07, 6.45) is 6.31. The second-order valence-corrected chi connectivity index (χ2v) is 7.01. The van der Waals surface area contributed by atoms with E-state index in [1.807, 2.05) is 13.0 Å². The Bertz CT molecular complexity index is 780. The first-order valence-corrected chi connectivity index (χ1v) is 8.95. The number of hydrogen-bond donors (Lipinski definition) is 0. The molecule has 6 nitrogen and oxygen atoms in total. The normalized spacial score (nSPS) is 20.6. The lowest BCUT2D eigenvalue weighted by atomic mass is 10.2. The first kappa shape index (κ1) is 15.6. The molecular weight excluding hydrogens is 304 g/mol. The van der Waals surface area contributed by atoms with E-state index in [1.54, 1.807) is 10.7 Å². The van der Waals surface area contributed by atoms with Crippen LogP contribution in [0.5, 0.6) is 0 Å². The van der Waals surface area contributed by atoms with Crippen molar-refractivity contribution in [3.05, 3.63) is 45.2 Å². The van der Waals surface area contributed by atoms with Crippen LogP contribution in [0, 0.1) is 6.92 Å². The molecule has 1 aliphatic carbocycles. The molecule has 1 unspecified atom stereocenters. The molecule has 0 aromatic carbocycles. The number of fused-ring (bicyclic) bond motifs is 1. The van der Waals surface area contributed by atoms with E-state index >= 15 is 0 Å². The average Bonchev–Trinajstić information content (AvgIpc) is 3.27. The summed E-state index contributed by atoms with van der Waals surface area (Å²) in [4.78, 5) is 14.8. The molecule has 0 N–H and O–H groups in total. The fourth-order valence-corrected chi connectivity index (χ4v) is 3.95. The van der Waals surface area contributed by atoms with Crippen LogP contribution in [0.15, 0.2) is 21.5 Å². The van der Waals surface area contributed by atoms with E-state index in [1.165, 1.54) is 6.42 Å². The Hall–Kier alpha value is -1.95. The maximum atomic E-state index is 12.3. The molecular formula is C18H24N4O2. The third kappa shape index (κ3) is 3.15. The highest BCUT2D eigenvalue weighted by Gasteiger charge is 2.26. The fraction of sp³-hybridized carbons (Fsp3) is 0.611. The van der Waals surface area contributed by atoms with Gasteiger partial charge in [-0.05, 0) is 51.1 Å². The van der Waals surface area contributed by atoms with Gasteiger partial charge in [0.2, 0.25) is 0 Å². The van der Waals surface area contributed by atoms with Crippen LogP contribution in [0.2, 0.25) is 0 Å². The predicted octanol–water partition coefficient (Wildman–Crippen LogP) is 1.74. The van der Waals surface area contributed by atoms with Crippen LogP contribution < -0.4 is 5.56 Å². The maximum Gasteiger partial charge on any atom is 0.267 e. The summed E-state index contributed by atoms with van der Waals surface area (Å²) >= 11 is 0. The van der Waals surface area contributed by atoms with E-state index in [0.717, 1.165) is 67.9 Å². The molecule has 4 rings (SSSR count). The zero-order valence-corrected chi connectivity index (χ0v) is 14.2. The summed E-state index contributed by atoms with van der Waals surface area (Å²) in [5.41, 5.74) is 3.25. The summed E-state index contributed by atoms with van der Waals surface area (Å²) in [6, 6.07) is 4.18. The zero-order valence-electron chi connectivity index (χ0n) is 14.2. The van der Waals surface area contributed by atoms with Gasteiger partial charge in [-0.15, -0.1) is 0 Å². The van der Waals surface area contributed by atoms with Crippen molar-refractivity contribution in [3.63, 3.8) is 0 Å². The molecule has 0 radical (unpaired) electrons. The number of hydrogen-bond acceptors (Lipinski definition) is 5. The van der Waals surface area contributed by atoms with Crippen molar-refractivity contribution >= 4 is 0 Å². The predicted molar refractivity (Wildman–Crippen MR) is 90.1 cm³/mol. The minimum atomic E-state index is 0.0494. The van der Waals surface area contributed by atoms with E-state index in [4.69, 9.17) is 4.52 Å². The topological polar surface area (TPSA) is 64.2 Å². The van der Waals surface area contributed by atoms with Crippen molar-refractivity contribution in [2.45, 2.75) is 58.0 Å². The second-order valence-electron chi connectivity index (χ2n) is 7.01. The Morgan fingerprint density at radius 1 is 1.29 bits per heavy atom. The first-order chi connectivity index (χ1) is 11.7. The molecule has 128 valence electrons. The molecule has 24 heavy (non-hydrogen) atoms. The molecule has 0 saturated carbocycles. The van der Waals surface area contributed by atoms with Gasteiger partial charge in [0.05, 0.1) is 17.9 Å². The summed E-state index contributed by atoms with van der Waals surface area (Å²) in [6.45, 7) is 4.66. The molecule has 2 aromatic heterocycles. The lowest BCUT2D eigenvalue weighted by Crippen LogP contribution is -2.38. The average molecular weight is 328 g/mol. The van der Waals surface area contributed by atoms with Crippen molar-refractivity contribution in [2.24, 2.45) is 0 Å².